The molecule has 0 bridgehead atoms. The third-order valence-electron chi connectivity index (χ3n) is 4.91. The van der Waals surface area contributed by atoms with E-state index in [0.717, 1.165) is 0 Å². The molecule has 1 fully saturated rings. The maximum Gasteiger partial charge on any atom is 0.0110 e. The molecule has 0 amide bonds. The van der Waals surface area contributed by atoms with Crippen molar-refractivity contribution in [3.05, 3.63) is 0 Å². The third kappa shape index (κ3) is 11.4. The Morgan fingerprint density at radius 1 is 0.682 bits per heavy atom. The highest BCUT2D eigenvalue weighted by atomic mass is 15.2. The standard InChI is InChI=1S/C19H41N3/c1-3-4-5-6-7-8-9-10-11-12-13-20-14-15-22-18-16-21(2)17-19-22/h20H,3-19H2,1-2H3. The molecule has 1 aliphatic heterocycles. The SMILES string of the molecule is CCCCCCCCCCCCNCCN1CCN(C)CC1. The first kappa shape index (κ1) is 19.9. The summed E-state index contributed by atoms with van der Waals surface area (Å²) >= 11 is 0. The number of nitrogens with zero attached hydrogens (tertiary/aromatic N) is 2. The first-order chi connectivity index (χ1) is 10.8. The van der Waals surface area contributed by atoms with Crippen LogP contribution in [0.1, 0.15) is 71.1 Å². The van der Waals surface area contributed by atoms with Crippen LogP contribution in [-0.2, 0) is 0 Å². The molecular formula is C19H41N3. The highest BCUT2D eigenvalue weighted by Crippen LogP contribution is 2.10. The number of unbranched alkanes of at least 4 members (excludes halogenated alkanes) is 9. The summed E-state index contributed by atoms with van der Waals surface area (Å²) in [5, 5.41) is 3.61. The maximum absolute atomic E-state index is 3.61. The summed E-state index contributed by atoms with van der Waals surface area (Å²) in [6.07, 6.45) is 14.3. The second-order valence-corrected chi connectivity index (χ2v) is 7.08. The van der Waals surface area contributed by atoms with Gasteiger partial charge in [0.1, 0.15) is 0 Å². The van der Waals surface area contributed by atoms with Crippen LogP contribution in [0.3, 0.4) is 0 Å². The summed E-state index contributed by atoms with van der Waals surface area (Å²) in [5.74, 6) is 0. The Labute approximate surface area is 139 Å². The number of rotatable bonds is 14. The molecule has 0 unspecified atom stereocenters. The number of likely N-dealkylation sites (N-methyl/N-ethyl adjacent to an activating group) is 1. The van der Waals surface area contributed by atoms with Crippen molar-refractivity contribution < 1.29 is 0 Å². The molecule has 0 atom stereocenters. The van der Waals surface area contributed by atoms with Gasteiger partial charge in [0.2, 0.25) is 0 Å². The smallest absolute Gasteiger partial charge is 0.0110 e. The predicted octanol–water partition coefficient (Wildman–Crippen LogP) is 3.74. The Bertz CT molecular complexity index is 225. The fraction of sp³-hybridized carbons (Fsp3) is 1.00. The maximum atomic E-state index is 3.61. The summed E-state index contributed by atoms with van der Waals surface area (Å²) in [7, 11) is 2.22. The number of nitrogens with one attached hydrogen (secondary N) is 1. The molecule has 0 aliphatic carbocycles. The molecule has 1 rings (SSSR count). The van der Waals surface area contributed by atoms with E-state index < -0.39 is 0 Å². The van der Waals surface area contributed by atoms with Gasteiger partial charge in [0.05, 0.1) is 0 Å². The zero-order valence-electron chi connectivity index (χ0n) is 15.4. The monoisotopic (exact) mass is 311 g/mol. The lowest BCUT2D eigenvalue weighted by molar-refractivity contribution is 0.155. The molecule has 1 N–H and O–H groups in total. The highest BCUT2D eigenvalue weighted by molar-refractivity contribution is 4.69. The molecule has 0 aromatic rings. The average Bonchev–Trinajstić information content (AvgIpc) is 2.53. The van der Waals surface area contributed by atoms with E-state index in [9.17, 15) is 0 Å². The molecule has 0 saturated carbocycles. The van der Waals surface area contributed by atoms with Crippen LogP contribution >= 0.6 is 0 Å². The minimum atomic E-state index is 1.17. The number of hydrogen-bond donors (Lipinski definition) is 1. The molecule has 0 aromatic carbocycles. The largest absolute Gasteiger partial charge is 0.315 e. The lowest BCUT2D eigenvalue weighted by Gasteiger charge is -2.32. The summed E-state index contributed by atoms with van der Waals surface area (Å²) in [6, 6.07) is 0. The normalized spacial score (nSPS) is 17.2. The third-order valence-corrected chi connectivity index (χ3v) is 4.91. The van der Waals surface area contributed by atoms with E-state index >= 15 is 0 Å². The Morgan fingerprint density at radius 2 is 1.23 bits per heavy atom. The second-order valence-electron chi connectivity index (χ2n) is 7.08. The lowest BCUT2D eigenvalue weighted by atomic mass is 10.1. The van der Waals surface area contributed by atoms with Crippen molar-refractivity contribution in [2.75, 3.05) is 52.9 Å². The van der Waals surface area contributed by atoms with Gasteiger partial charge in [-0.1, -0.05) is 64.7 Å². The van der Waals surface area contributed by atoms with E-state index in [2.05, 4.69) is 29.1 Å². The van der Waals surface area contributed by atoms with Crippen LogP contribution in [0.2, 0.25) is 0 Å². The van der Waals surface area contributed by atoms with Gasteiger partial charge in [-0.2, -0.15) is 0 Å². The summed E-state index contributed by atoms with van der Waals surface area (Å²) in [6.45, 7) is 10.9. The van der Waals surface area contributed by atoms with Crippen molar-refractivity contribution in [3.8, 4) is 0 Å². The van der Waals surface area contributed by atoms with Gasteiger partial charge >= 0.3 is 0 Å². The van der Waals surface area contributed by atoms with Crippen LogP contribution in [0.4, 0.5) is 0 Å². The minimum absolute atomic E-state index is 1.17. The van der Waals surface area contributed by atoms with Gasteiger partial charge in [0, 0.05) is 39.3 Å². The molecule has 0 aromatic heterocycles. The van der Waals surface area contributed by atoms with Crippen molar-refractivity contribution in [1.82, 2.24) is 15.1 Å². The van der Waals surface area contributed by atoms with Crippen molar-refractivity contribution in [2.24, 2.45) is 0 Å². The van der Waals surface area contributed by atoms with Crippen LogP contribution in [0.5, 0.6) is 0 Å². The fourth-order valence-electron chi connectivity index (χ4n) is 3.17. The molecule has 0 spiro atoms. The van der Waals surface area contributed by atoms with E-state index in [1.54, 1.807) is 0 Å². The van der Waals surface area contributed by atoms with Crippen molar-refractivity contribution in [1.29, 1.82) is 0 Å². The second kappa shape index (κ2) is 14.5. The van der Waals surface area contributed by atoms with E-state index in [-0.39, 0.29) is 0 Å². The van der Waals surface area contributed by atoms with E-state index in [1.165, 1.54) is 110 Å². The quantitative estimate of drug-likeness (QED) is 0.493. The van der Waals surface area contributed by atoms with Crippen LogP contribution in [0.15, 0.2) is 0 Å². The van der Waals surface area contributed by atoms with Crippen molar-refractivity contribution >= 4 is 0 Å². The number of piperazine rings is 1. The van der Waals surface area contributed by atoms with E-state index in [0.29, 0.717) is 0 Å². The first-order valence-corrected chi connectivity index (χ1v) is 9.94. The van der Waals surface area contributed by atoms with Gasteiger partial charge in [0.15, 0.2) is 0 Å². The molecule has 22 heavy (non-hydrogen) atoms. The zero-order chi connectivity index (χ0) is 15.9. The zero-order valence-corrected chi connectivity index (χ0v) is 15.4. The molecule has 3 nitrogen and oxygen atoms in total. The van der Waals surface area contributed by atoms with Crippen LogP contribution in [0.25, 0.3) is 0 Å². The molecule has 1 heterocycles. The van der Waals surface area contributed by atoms with Crippen LogP contribution < -0.4 is 5.32 Å². The molecule has 1 aliphatic rings. The summed E-state index contributed by atoms with van der Waals surface area (Å²) < 4.78 is 0. The lowest BCUT2D eigenvalue weighted by Crippen LogP contribution is -2.46. The minimum Gasteiger partial charge on any atom is -0.315 e. The van der Waals surface area contributed by atoms with Gasteiger partial charge in [-0.25, -0.2) is 0 Å². The van der Waals surface area contributed by atoms with Gasteiger partial charge in [-0.3, -0.25) is 4.90 Å². The fourth-order valence-corrected chi connectivity index (χ4v) is 3.17. The van der Waals surface area contributed by atoms with Gasteiger partial charge < -0.3 is 10.2 Å². The van der Waals surface area contributed by atoms with Crippen molar-refractivity contribution in [3.63, 3.8) is 0 Å². The molecule has 1 saturated heterocycles. The first-order valence-electron chi connectivity index (χ1n) is 9.94. The highest BCUT2D eigenvalue weighted by Gasteiger charge is 2.12. The molecular weight excluding hydrogens is 270 g/mol. The Hall–Kier alpha value is -0.120. The summed E-state index contributed by atoms with van der Waals surface area (Å²) in [4.78, 5) is 5.01. The van der Waals surface area contributed by atoms with Gasteiger partial charge in [0.25, 0.3) is 0 Å². The Balaban J connectivity index is 1.71. The predicted molar refractivity (Wildman–Crippen MR) is 98.7 cm³/mol. The van der Waals surface area contributed by atoms with Gasteiger partial charge in [-0.15, -0.1) is 0 Å². The van der Waals surface area contributed by atoms with Crippen LogP contribution in [-0.4, -0.2) is 62.7 Å². The van der Waals surface area contributed by atoms with Gasteiger partial charge in [-0.05, 0) is 20.0 Å². The van der Waals surface area contributed by atoms with E-state index in [1.807, 2.05) is 0 Å². The number of hydrogen-bond acceptors (Lipinski definition) is 3. The average molecular weight is 312 g/mol. The Kier molecular flexibility index (Phi) is 13.1. The van der Waals surface area contributed by atoms with E-state index in [4.69, 9.17) is 0 Å². The summed E-state index contributed by atoms with van der Waals surface area (Å²) in [5.41, 5.74) is 0. The topological polar surface area (TPSA) is 18.5 Å². The van der Waals surface area contributed by atoms with Crippen molar-refractivity contribution in [2.45, 2.75) is 71.1 Å². The molecule has 0 radical (unpaired) electrons. The molecule has 3 heteroatoms. The Morgan fingerprint density at radius 3 is 1.82 bits per heavy atom. The van der Waals surface area contributed by atoms with Crippen LogP contribution in [0, 0.1) is 0 Å². The molecule has 132 valence electrons.